The Bertz CT molecular complexity index is 259. The van der Waals surface area contributed by atoms with Gasteiger partial charge >= 0.3 is 0 Å². The van der Waals surface area contributed by atoms with E-state index in [9.17, 15) is 5.11 Å². The van der Waals surface area contributed by atoms with E-state index in [-0.39, 0.29) is 0 Å². The summed E-state index contributed by atoms with van der Waals surface area (Å²) in [6, 6.07) is 0. The molecule has 0 radical (unpaired) electrons. The van der Waals surface area contributed by atoms with Crippen LogP contribution >= 0.6 is 0 Å². The molecule has 0 spiro atoms. The number of rotatable bonds is 1. The fraction of sp³-hybridized carbons (Fsp3) is 0.714. The third kappa shape index (κ3) is 1.40. The highest BCUT2D eigenvalue weighted by Gasteiger charge is 2.22. The van der Waals surface area contributed by atoms with Crippen LogP contribution in [0.4, 0.5) is 0 Å². The Morgan fingerprint density at radius 2 is 1.91 bits per heavy atom. The molecule has 0 amide bonds. The standard InChI is InChI=1S/C7H13N3O/c1-5-8-9-6(10(5)4)7(2,3)11/h11H,1-4H3. The summed E-state index contributed by atoms with van der Waals surface area (Å²) in [4.78, 5) is 0. The third-order valence-electron chi connectivity index (χ3n) is 1.64. The normalized spacial score (nSPS) is 12.1. The Hall–Kier alpha value is -0.900. The first-order valence-electron chi connectivity index (χ1n) is 3.52. The molecule has 11 heavy (non-hydrogen) atoms. The second kappa shape index (κ2) is 2.30. The molecule has 0 fully saturated rings. The van der Waals surface area contributed by atoms with Crippen molar-refractivity contribution < 1.29 is 5.11 Å². The second-order valence-corrected chi connectivity index (χ2v) is 3.19. The maximum Gasteiger partial charge on any atom is 0.164 e. The molecule has 0 bridgehead atoms. The molecule has 0 aliphatic rings. The van der Waals surface area contributed by atoms with Crippen LogP contribution in [0.3, 0.4) is 0 Å². The van der Waals surface area contributed by atoms with Crippen molar-refractivity contribution in [2.24, 2.45) is 7.05 Å². The minimum atomic E-state index is -0.907. The first-order valence-corrected chi connectivity index (χ1v) is 3.52. The van der Waals surface area contributed by atoms with E-state index in [0.29, 0.717) is 5.82 Å². The molecule has 1 aromatic rings. The molecule has 0 unspecified atom stereocenters. The Kier molecular flexibility index (Phi) is 1.72. The summed E-state index contributed by atoms with van der Waals surface area (Å²) in [6.45, 7) is 5.23. The van der Waals surface area contributed by atoms with E-state index in [1.807, 2.05) is 14.0 Å². The Morgan fingerprint density at radius 1 is 1.36 bits per heavy atom. The number of aliphatic hydroxyl groups is 1. The van der Waals surface area contributed by atoms with Crippen LogP contribution in [0.25, 0.3) is 0 Å². The Labute approximate surface area is 65.9 Å². The monoisotopic (exact) mass is 155 g/mol. The summed E-state index contributed by atoms with van der Waals surface area (Å²) in [6.07, 6.45) is 0. The maximum atomic E-state index is 9.56. The van der Waals surface area contributed by atoms with Crippen molar-refractivity contribution in [3.05, 3.63) is 11.6 Å². The van der Waals surface area contributed by atoms with Gasteiger partial charge in [-0.05, 0) is 20.8 Å². The highest BCUT2D eigenvalue weighted by molar-refractivity contribution is 5.00. The quantitative estimate of drug-likeness (QED) is 0.636. The maximum absolute atomic E-state index is 9.56. The molecular weight excluding hydrogens is 142 g/mol. The van der Waals surface area contributed by atoms with E-state index in [0.717, 1.165) is 5.82 Å². The van der Waals surface area contributed by atoms with E-state index in [1.54, 1.807) is 18.4 Å². The lowest BCUT2D eigenvalue weighted by Gasteiger charge is -2.15. The zero-order valence-electron chi connectivity index (χ0n) is 7.29. The summed E-state index contributed by atoms with van der Waals surface area (Å²) in [5, 5.41) is 17.2. The molecule has 0 aromatic carbocycles. The average molecular weight is 155 g/mol. The van der Waals surface area contributed by atoms with Gasteiger partial charge in [-0.15, -0.1) is 10.2 Å². The van der Waals surface area contributed by atoms with Crippen molar-refractivity contribution in [1.82, 2.24) is 14.8 Å². The molecule has 62 valence electrons. The van der Waals surface area contributed by atoms with Crippen molar-refractivity contribution in [3.63, 3.8) is 0 Å². The molecule has 1 N–H and O–H groups in total. The largest absolute Gasteiger partial charge is 0.382 e. The molecule has 0 atom stereocenters. The van der Waals surface area contributed by atoms with Gasteiger partial charge < -0.3 is 9.67 Å². The molecule has 1 heterocycles. The van der Waals surface area contributed by atoms with Crippen LogP contribution in [0.15, 0.2) is 0 Å². The molecule has 4 heteroatoms. The Morgan fingerprint density at radius 3 is 2.09 bits per heavy atom. The SMILES string of the molecule is Cc1nnc(C(C)(C)O)n1C. The van der Waals surface area contributed by atoms with Gasteiger partial charge in [-0.25, -0.2) is 0 Å². The van der Waals surface area contributed by atoms with Crippen LogP contribution in [-0.4, -0.2) is 19.9 Å². The van der Waals surface area contributed by atoms with E-state index in [4.69, 9.17) is 0 Å². The molecule has 1 rings (SSSR count). The summed E-state index contributed by atoms with van der Waals surface area (Å²) in [5.41, 5.74) is -0.907. The van der Waals surface area contributed by atoms with Gasteiger partial charge in [-0.3, -0.25) is 0 Å². The fourth-order valence-corrected chi connectivity index (χ4v) is 0.940. The van der Waals surface area contributed by atoms with Crippen molar-refractivity contribution in [2.75, 3.05) is 0 Å². The molecule has 1 aromatic heterocycles. The van der Waals surface area contributed by atoms with Crippen molar-refractivity contribution in [1.29, 1.82) is 0 Å². The lowest BCUT2D eigenvalue weighted by Crippen LogP contribution is -2.21. The van der Waals surface area contributed by atoms with Gasteiger partial charge in [0.15, 0.2) is 5.82 Å². The van der Waals surface area contributed by atoms with Gasteiger partial charge in [0.1, 0.15) is 11.4 Å². The number of aryl methyl sites for hydroxylation is 1. The van der Waals surface area contributed by atoms with E-state index < -0.39 is 5.60 Å². The predicted molar refractivity (Wildman–Crippen MR) is 41.0 cm³/mol. The molecular formula is C7H13N3O. The smallest absolute Gasteiger partial charge is 0.164 e. The van der Waals surface area contributed by atoms with Gasteiger partial charge in [-0.1, -0.05) is 0 Å². The van der Waals surface area contributed by atoms with Crippen LogP contribution in [-0.2, 0) is 12.6 Å². The van der Waals surface area contributed by atoms with Gasteiger partial charge in [0.05, 0.1) is 0 Å². The summed E-state index contributed by atoms with van der Waals surface area (Å²) < 4.78 is 1.78. The van der Waals surface area contributed by atoms with Crippen LogP contribution in [0, 0.1) is 6.92 Å². The number of nitrogens with zero attached hydrogens (tertiary/aromatic N) is 3. The van der Waals surface area contributed by atoms with Crippen molar-refractivity contribution >= 4 is 0 Å². The average Bonchev–Trinajstić information content (AvgIpc) is 2.11. The predicted octanol–water partition coefficient (Wildman–Crippen LogP) is 0.351. The third-order valence-corrected chi connectivity index (χ3v) is 1.64. The summed E-state index contributed by atoms with van der Waals surface area (Å²) >= 11 is 0. The van der Waals surface area contributed by atoms with E-state index in [1.165, 1.54) is 0 Å². The van der Waals surface area contributed by atoms with E-state index >= 15 is 0 Å². The topological polar surface area (TPSA) is 50.9 Å². The molecule has 0 saturated heterocycles. The Balaban J connectivity index is 3.15. The van der Waals surface area contributed by atoms with Crippen molar-refractivity contribution in [2.45, 2.75) is 26.4 Å². The molecule has 0 aliphatic carbocycles. The second-order valence-electron chi connectivity index (χ2n) is 3.19. The van der Waals surface area contributed by atoms with Crippen LogP contribution in [0.2, 0.25) is 0 Å². The zero-order chi connectivity index (χ0) is 8.65. The molecule has 0 aliphatic heterocycles. The fourth-order valence-electron chi connectivity index (χ4n) is 0.940. The summed E-state index contributed by atoms with van der Waals surface area (Å²) in [7, 11) is 1.84. The number of hydrogen-bond donors (Lipinski definition) is 1. The van der Waals surface area contributed by atoms with E-state index in [2.05, 4.69) is 10.2 Å². The first kappa shape index (κ1) is 8.20. The van der Waals surface area contributed by atoms with Gasteiger partial charge in [0.2, 0.25) is 0 Å². The van der Waals surface area contributed by atoms with Crippen molar-refractivity contribution in [3.8, 4) is 0 Å². The molecule has 0 saturated carbocycles. The van der Waals surface area contributed by atoms with Gasteiger partial charge in [0, 0.05) is 7.05 Å². The van der Waals surface area contributed by atoms with Crippen LogP contribution < -0.4 is 0 Å². The number of hydrogen-bond acceptors (Lipinski definition) is 3. The molecule has 4 nitrogen and oxygen atoms in total. The summed E-state index contributed by atoms with van der Waals surface area (Å²) in [5.74, 6) is 1.40. The van der Waals surface area contributed by atoms with Crippen LogP contribution in [0.5, 0.6) is 0 Å². The zero-order valence-corrected chi connectivity index (χ0v) is 7.29. The van der Waals surface area contributed by atoms with Gasteiger partial charge in [0.25, 0.3) is 0 Å². The van der Waals surface area contributed by atoms with Crippen LogP contribution in [0.1, 0.15) is 25.5 Å². The first-order chi connectivity index (χ1) is 4.93. The minimum absolute atomic E-state index is 0.593. The lowest BCUT2D eigenvalue weighted by atomic mass is 10.1. The number of aromatic nitrogens is 3. The van der Waals surface area contributed by atoms with Gasteiger partial charge in [-0.2, -0.15) is 0 Å². The highest BCUT2D eigenvalue weighted by atomic mass is 16.3. The lowest BCUT2D eigenvalue weighted by molar-refractivity contribution is 0.0653. The minimum Gasteiger partial charge on any atom is -0.382 e. The highest BCUT2D eigenvalue weighted by Crippen LogP contribution is 2.16.